The molecule has 0 spiro atoms. The molecule has 0 aliphatic heterocycles. The van der Waals surface area contributed by atoms with E-state index in [1.165, 1.54) is 30.5 Å². The summed E-state index contributed by atoms with van der Waals surface area (Å²) < 4.78 is 18.5. The Morgan fingerprint density at radius 1 is 0.967 bits per heavy atom. The fourth-order valence-electron chi connectivity index (χ4n) is 2.36. The van der Waals surface area contributed by atoms with E-state index in [0.29, 0.717) is 28.6 Å². The Morgan fingerprint density at radius 2 is 1.67 bits per heavy atom. The van der Waals surface area contributed by atoms with Crippen molar-refractivity contribution in [3.63, 3.8) is 0 Å². The van der Waals surface area contributed by atoms with Crippen LogP contribution in [0, 0.1) is 5.82 Å². The van der Waals surface area contributed by atoms with Gasteiger partial charge in [0.15, 0.2) is 0 Å². The van der Waals surface area contributed by atoms with Crippen molar-refractivity contribution in [2.75, 3.05) is 5.32 Å². The molecule has 152 valence electrons. The van der Waals surface area contributed by atoms with Crippen LogP contribution in [-0.2, 0) is 16.2 Å². The Labute approximate surface area is 177 Å². The Morgan fingerprint density at radius 3 is 2.37 bits per heavy atom. The summed E-state index contributed by atoms with van der Waals surface area (Å²) in [6.07, 6.45) is 1.39. The molecule has 0 radical (unpaired) electrons. The summed E-state index contributed by atoms with van der Waals surface area (Å²) in [5.74, 6) is -1.66. The number of anilines is 1. The molecule has 0 aliphatic rings. The number of hydrazone groups is 1. The van der Waals surface area contributed by atoms with Crippen molar-refractivity contribution >= 4 is 35.3 Å². The first-order valence-electron chi connectivity index (χ1n) is 8.87. The zero-order chi connectivity index (χ0) is 21.3. The average Bonchev–Trinajstić information content (AvgIpc) is 2.75. The highest BCUT2D eigenvalue weighted by Gasteiger charge is 2.12. The number of carbonyl (C=O) groups excluding carboxylic acids is 2. The summed E-state index contributed by atoms with van der Waals surface area (Å²) in [5, 5.41) is 6.73. The summed E-state index contributed by atoms with van der Waals surface area (Å²) >= 11 is 6.10. The van der Waals surface area contributed by atoms with Gasteiger partial charge in [-0.15, -0.1) is 0 Å². The molecule has 2 N–H and O–H groups in total. The second-order valence-electron chi connectivity index (χ2n) is 6.11. The normalized spacial score (nSPS) is 10.6. The van der Waals surface area contributed by atoms with Gasteiger partial charge in [-0.05, 0) is 60.2 Å². The van der Waals surface area contributed by atoms with Gasteiger partial charge in [0.25, 0.3) is 0 Å². The predicted octanol–water partition coefficient (Wildman–Crippen LogP) is 4.15. The molecule has 3 aromatic rings. The molecule has 0 saturated carbocycles. The lowest BCUT2D eigenvalue weighted by Gasteiger charge is -2.07. The summed E-state index contributed by atoms with van der Waals surface area (Å²) in [6, 6.07) is 19.5. The molecule has 6 nitrogen and oxygen atoms in total. The average molecular weight is 426 g/mol. The topological polar surface area (TPSA) is 79.8 Å². The first-order chi connectivity index (χ1) is 14.5. The van der Waals surface area contributed by atoms with Gasteiger partial charge in [-0.2, -0.15) is 5.10 Å². The van der Waals surface area contributed by atoms with Crippen molar-refractivity contribution in [3.8, 4) is 5.75 Å². The van der Waals surface area contributed by atoms with Crippen LogP contribution in [-0.4, -0.2) is 18.0 Å². The maximum absolute atomic E-state index is 12.8. The summed E-state index contributed by atoms with van der Waals surface area (Å²) in [4.78, 5) is 23.5. The van der Waals surface area contributed by atoms with E-state index in [1.807, 2.05) is 18.2 Å². The Bertz CT molecular complexity index is 1050. The van der Waals surface area contributed by atoms with Crippen LogP contribution in [0.1, 0.15) is 11.1 Å². The van der Waals surface area contributed by atoms with Gasteiger partial charge in [0, 0.05) is 16.3 Å². The molecular formula is C22H17ClFN3O3. The molecule has 2 amide bonds. The van der Waals surface area contributed by atoms with E-state index in [4.69, 9.17) is 16.3 Å². The maximum atomic E-state index is 12.8. The molecular weight excluding hydrogens is 409 g/mol. The molecule has 0 unspecified atom stereocenters. The predicted molar refractivity (Wildman–Crippen MR) is 113 cm³/mol. The van der Waals surface area contributed by atoms with Crippen LogP contribution >= 0.6 is 11.6 Å². The number of nitrogens with one attached hydrogen (secondary N) is 2. The van der Waals surface area contributed by atoms with E-state index < -0.39 is 17.6 Å². The van der Waals surface area contributed by atoms with Crippen molar-refractivity contribution in [1.29, 1.82) is 0 Å². The minimum atomic E-state index is -0.949. The van der Waals surface area contributed by atoms with Gasteiger partial charge in [-0.1, -0.05) is 29.8 Å². The fourth-order valence-corrected chi connectivity index (χ4v) is 2.55. The highest BCUT2D eigenvalue weighted by atomic mass is 35.5. The highest BCUT2D eigenvalue weighted by Crippen LogP contribution is 2.18. The second kappa shape index (κ2) is 10.2. The lowest BCUT2D eigenvalue weighted by atomic mass is 10.2. The molecule has 3 rings (SSSR count). The molecule has 3 aromatic carbocycles. The standard InChI is InChI=1S/C22H17ClFN3O3/c23-20-4-2-1-3-16(20)14-30-19-11-5-15(6-12-19)13-25-27-22(29)21(28)26-18-9-7-17(24)8-10-18/h1-13H,14H2,(H,26,28)(H,27,29). The Balaban J connectivity index is 1.47. The summed E-state index contributed by atoms with van der Waals surface area (Å²) in [6.45, 7) is 0.340. The molecule has 0 aromatic heterocycles. The number of rotatable bonds is 6. The van der Waals surface area contributed by atoms with Gasteiger partial charge in [-0.3, -0.25) is 9.59 Å². The number of benzene rings is 3. The minimum Gasteiger partial charge on any atom is -0.489 e. The number of nitrogens with zero attached hydrogens (tertiary/aromatic N) is 1. The monoisotopic (exact) mass is 425 g/mol. The van der Waals surface area contributed by atoms with E-state index >= 15 is 0 Å². The molecule has 0 aliphatic carbocycles. The van der Waals surface area contributed by atoms with Crippen LogP contribution in [0.25, 0.3) is 0 Å². The smallest absolute Gasteiger partial charge is 0.329 e. The third-order valence-electron chi connectivity index (χ3n) is 3.92. The van der Waals surface area contributed by atoms with Gasteiger partial charge in [0.1, 0.15) is 18.2 Å². The molecule has 0 bridgehead atoms. The van der Waals surface area contributed by atoms with E-state index in [-0.39, 0.29) is 0 Å². The summed E-state index contributed by atoms with van der Waals surface area (Å²) in [5.41, 5.74) is 4.00. The number of ether oxygens (including phenoxy) is 1. The lowest BCUT2D eigenvalue weighted by molar-refractivity contribution is -0.136. The van der Waals surface area contributed by atoms with Crippen molar-refractivity contribution < 1.29 is 18.7 Å². The van der Waals surface area contributed by atoms with Crippen LogP contribution < -0.4 is 15.5 Å². The largest absolute Gasteiger partial charge is 0.489 e. The molecule has 0 heterocycles. The third kappa shape index (κ3) is 6.15. The van der Waals surface area contributed by atoms with Gasteiger partial charge in [0.2, 0.25) is 0 Å². The van der Waals surface area contributed by atoms with Crippen LogP contribution in [0.15, 0.2) is 77.9 Å². The zero-order valence-corrected chi connectivity index (χ0v) is 16.4. The van der Waals surface area contributed by atoms with Gasteiger partial charge in [-0.25, -0.2) is 9.82 Å². The van der Waals surface area contributed by atoms with Gasteiger partial charge >= 0.3 is 11.8 Å². The molecule has 0 fully saturated rings. The fraction of sp³-hybridized carbons (Fsp3) is 0.0455. The number of amides is 2. The number of halogens is 2. The summed E-state index contributed by atoms with van der Waals surface area (Å²) in [7, 11) is 0. The molecule has 0 saturated heterocycles. The maximum Gasteiger partial charge on any atom is 0.329 e. The van der Waals surface area contributed by atoms with Gasteiger partial charge in [0.05, 0.1) is 6.21 Å². The first kappa shape index (κ1) is 21.0. The van der Waals surface area contributed by atoms with Crippen LogP contribution in [0.4, 0.5) is 10.1 Å². The van der Waals surface area contributed by atoms with Crippen molar-refractivity contribution in [2.24, 2.45) is 5.10 Å². The van der Waals surface area contributed by atoms with E-state index in [2.05, 4.69) is 15.8 Å². The third-order valence-corrected chi connectivity index (χ3v) is 4.29. The highest BCUT2D eigenvalue weighted by molar-refractivity contribution is 6.39. The molecule has 30 heavy (non-hydrogen) atoms. The van der Waals surface area contributed by atoms with Crippen molar-refractivity contribution in [3.05, 3.63) is 94.8 Å². The SMILES string of the molecule is O=C(NN=Cc1ccc(OCc2ccccc2Cl)cc1)C(=O)Nc1ccc(F)cc1. The second-order valence-corrected chi connectivity index (χ2v) is 6.52. The van der Waals surface area contributed by atoms with Crippen LogP contribution in [0.2, 0.25) is 5.02 Å². The van der Waals surface area contributed by atoms with E-state index in [9.17, 15) is 14.0 Å². The number of carbonyl (C=O) groups is 2. The van der Waals surface area contributed by atoms with Crippen LogP contribution in [0.5, 0.6) is 5.75 Å². The Hall–Kier alpha value is -3.71. The van der Waals surface area contributed by atoms with Crippen LogP contribution in [0.3, 0.4) is 0 Å². The number of hydrogen-bond donors (Lipinski definition) is 2. The van der Waals surface area contributed by atoms with Crippen molar-refractivity contribution in [2.45, 2.75) is 6.61 Å². The quantitative estimate of drug-likeness (QED) is 0.354. The van der Waals surface area contributed by atoms with Crippen molar-refractivity contribution in [1.82, 2.24) is 5.43 Å². The van der Waals surface area contributed by atoms with E-state index in [0.717, 1.165) is 5.56 Å². The van der Waals surface area contributed by atoms with Gasteiger partial charge < -0.3 is 10.1 Å². The molecule has 8 heteroatoms. The zero-order valence-electron chi connectivity index (χ0n) is 15.6. The van der Waals surface area contributed by atoms with E-state index in [1.54, 1.807) is 30.3 Å². The molecule has 0 atom stereocenters. The lowest BCUT2D eigenvalue weighted by Crippen LogP contribution is -2.32. The Kier molecular flexibility index (Phi) is 7.13. The number of hydrogen-bond acceptors (Lipinski definition) is 4. The minimum absolute atomic E-state index is 0.299. The first-order valence-corrected chi connectivity index (χ1v) is 9.25.